The lowest BCUT2D eigenvalue weighted by Crippen LogP contribution is -2.37. The molecule has 0 radical (unpaired) electrons. The minimum Gasteiger partial charge on any atom is -0.334 e. The third kappa shape index (κ3) is 3.81. The van der Waals surface area contributed by atoms with Gasteiger partial charge in [-0.05, 0) is 19.3 Å². The van der Waals surface area contributed by atoms with Gasteiger partial charge in [0.1, 0.15) is 0 Å². The molecule has 0 aliphatic carbocycles. The first-order valence-electron chi connectivity index (χ1n) is 6.80. The van der Waals surface area contributed by atoms with Gasteiger partial charge in [0, 0.05) is 44.5 Å². The quantitative estimate of drug-likeness (QED) is 0.808. The Balaban J connectivity index is 1.77. The predicted octanol–water partition coefficient (Wildman–Crippen LogP) is 1.96. The second-order valence-corrected chi connectivity index (χ2v) is 5.06. The maximum absolute atomic E-state index is 9.09. The molecule has 1 aliphatic heterocycles. The van der Waals surface area contributed by atoms with Crippen LogP contribution in [0.2, 0.25) is 0 Å². The zero-order chi connectivity index (χ0) is 13.5. The van der Waals surface area contributed by atoms with Gasteiger partial charge in [0.25, 0.3) is 0 Å². The molecule has 0 spiro atoms. The smallest absolute Gasteiger partial charge is 0.0948 e. The first-order valence-corrected chi connectivity index (χ1v) is 6.80. The lowest BCUT2D eigenvalue weighted by atomic mass is 10.0. The number of rotatable bonds is 5. The SMILES string of the molecule is N#CCC[C@H](C#N)CN1CCC(n2ccnc2)CC1. The zero-order valence-electron chi connectivity index (χ0n) is 11.1. The molecular formula is C14H19N5. The average molecular weight is 257 g/mol. The summed E-state index contributed by atoms with van der Waals surface area (Å²) >= 11 is 0. The van der Waals surface area contributed by atoms with Gasteiger partial charge in [-0.1, -0.05) is 0 Å². The summed E-state index contributed by atoms with van der Waals surface area (Å²) in [5.41, 5.74) is 0. The Hall–Kier alpha value is -1.85. The highest BCUT2D eigenvalue weighted by molar-refractivity contribution is 4.90. The highest BCUT2D eigenvalue weighted by Crippen LogP contribution is 2.23. The molecule has 1 aliphatic rings. The van der Waals surface area contributed by atoms with E-state index in [1.165, 1.54) is 0 Å². The first-order chi connectivity index (χ1) is 9.33. The molecular weight excluding hydrogens is 238 g/mol. The molecule has 1 fully saturated rings. The molecule has 5 nitrogen and oxygen atoms in total. The third-order valence-electron chi connectivity index (χ3n) is 3.77. The van der Waals surface area contributed by atoms with Crippen molar-refractivity contribution in [1.82, 2.24) is 14.5 Å². The Labute approximate surface area is 114 Å². The topological polar surface area (TPSA) is 68.6 Å². The highest BCUT2D eigenvalue weighted by Gasteiger charge is 2.22. The van der Waals surface area contributed by atoms with Gasteiger partial charge in [0.05, 0.1) is 24.4 Å². The normalized spacial score (nSPS) is 18.6. The average Bonchev–Trinajstić information content (AvgIpc) is 2.98. The van der Waals surface area contributed by atoms with Crippen molar-refractivity contribution >= 4 is 0 Å². The maximum Gasteiger partial charge on any atom is 0.0948 e. The van der Waals surface area contributed by atoms with Crippen LogP contribution in [-0.4, -0.2) is 34.1 Å². The van der Waals surface area contributed by atoms with E-state index in [9.17, 15) is 0 Å². The molecule has 0 N–H and O–H groups in total. The molecule has 1 atom stereocenters. The summed E-state index contributed by atoms with van der Waals surface area (Å²) in [5, 5.41) is 17.7. The van der Waals surface area contributed by atoms with Crippen LogP contribution < -0.4 is 0 Å². The van der Waals surface area contributed by atoms with Gasteiger partial charge in [-0.25, -0.2) is 4.98 Å². The summed E-state index contributed by atoms with van der Waals surface area (Å²) in [6, 6.07) is 4.97. The van der Waals surface area contributed by atoms with Crippen LogP contribution in [0.3, 0.4) is 0 Å². The molecule has 2 rings (SSSR count). The fourth-order valence-corrected chi connectivity index (χ4v) is 2.63. The number of aromatic nitrogens is 2. The van der Waals surface area contributed by atoms with Crippen LogP contribution in [0.25, 0.3) is 0 Å². The van der Waals surface area contributed by atoms with E-state index in [0.717, 1.165) is 32.5 Å². The molecule has 100 valence electrons. The van der Waals surface area contributed by atoms with Gasteiger partial charge >= 0.3 is 0 Å². The molecule has 2 heterocycles. The fraction of sp³-hybridized carbons (Fsp3) is 0.643. The Kier molecular flexibility index (Phi) is 4.94. The number of nitriles is 2. The molecule has 0 aromatic carbocycles. The van der Waals surface area contributed by atoms with Crippen molar-refractivity contribution in [1.29, 1.82) is 10.5 Å². The van der Waals surface area contributed by atoms with E-state index in [4.69, 9.17) is 10.5 Å². The van der Waals surface area contributed by atoms with E-state index in [1.807, 2.05) is 18.7 Å². The molecule has 1 aromatic rings. The Bertz CT molecular complexity index is 445. The van der Waals surface area contributed by atoms with E-state index >= 15 is 0 Å². The second-order valence-electron chi connectivity index (χ2n) is 5.06. The van der Waals surface area contributed by atoms with E-state index in [2.05, 4.69) is 26.6 Å². The van der Waals surface area contributed by atoms with E-state index in [1.54, 1.807) is 0 Å². The number of imidazole rings is 1. The number of likely N-dealkylation sites (tertiary alicyclic amines) is 1. The van der Waals surface area contributed by atoms with Gasteiger partial charge in [-0.2, -0.15) is 10.5 Å². The molecule has 5 heteroatoms. The van der Waals surface area contributed by atoms with Gasteiger partial charge in [0.2, 0.25) is 0 Å². The highest BCUT2D eigenvalue weighted by atomic mass is 15.2. The lowest BCUT2D eigenvalue weighted by molar-refractivity contribution is 0.171. The number of hydrogen-bond donors (Lipinski definition) is 0. The van der Waals surface area contributed by atoms with E-state index < -0.39 is 0 Å². The van der Waals surface area contributed by atoms with Crippen LogP contribution in [0.5, 0.6) is 0 Å². The van der Waals surface area contributed by atoms with Gasteiger partial charge < -0.3 is 9.47 Å². The summed E-state index contributed by atoms with van der Waals surface area (Å²) < 4.78 is 2.18. The second kappa shape index (κ2) is 6.92. The van der Waals surface area contributed by atoms with Crippen molar-refractivity contribution in [2.75, 3.05) is 19.6 Å². The zero-order valence-corrected chi connectivity index (χ0v) is 11.1. The standard InChI is InChI=1S/C14H19N5/c15-5-1-2-13(10-16)11-18-7-3-14(4-8-18)19-9-6-17-12-19/h6,9,12-14H,1-4,7-8,11H2/t13-/m1/s1. The summed E-state index contributed by atoms with van der Waals surface area (Å²) in [6.07, 6.45) is 9.09. The Morgan fingerprint density at radius 3 is 2.68 bits per heavy atom. The molecule has 0 bridgehead atoms. The fourth-order valence-electron chi connectivity index (χ4n) is 2.63. The lowest BCUT2D eigenvalue weighted by Gasteiger charge is -2.33. The van der Waals surface area contributed by atoms with Crippen LogP contribution in [0.4, 0.5) is 0 Å². The predicted molar refractivity (Wildman–Crippen MR) is 70.9 cm³/mol. The summed E-state index contributed by atoms with van der Waals surface area (Å²) in [4.78, 5) is 6.43. The third-order valence-corrected chi connectivity index (χ3v) is 3.77. The number of nitrogens with zero attached hydrogens (tertiary/aromatic N) is 5. The summed E-state index contributed by atoms with van der Waals surface area (Å²) in [5.74, 6) is -0.00977. The van der Waals surface area contributed by atoms with Crippen molar-refractivity contribution in [2.24, 2.45) is 5.92 Å². The van der Waals surface area contributed by atoms with Crippen LogP contribution >= 0.6 is 0 Å². The van der Waals surface area contributed by atoms with Gasteiger partial charge in [-0.15, -0.1) is 0 Å². The summed E-state index contributed by atoms with van der Waals surface area (Å²) in [7, 11) is 0. The van der Waals surface area contributed by atoms with Crippen LogP contribution in [-0.2, 0) is 0 Å². The molecule has 0 unspecified atom stereocenters. The van der Waals surface area contributed by atoms with Crippen molar-refractivity contribution in [2.45, 2.75) is 31.7 Å². The van der Waals surface area contributed by atoms with Crippen molar-refractivity contribution < 1.29 is 0 Å². The van der Waals surface area contributed by atoms with Crippen LogP contribution in [0.15, 0.2) is 18.7 Å². The van der Waals surface area contributed by atoms with Crippen molar-refractivity contribution in [3.8, 4) is 12.1 Å². The van der Waals surface area contributed by atoms with Crippen LogP contribution in [0, 0.1) is 28.6 Å². The molecule has 0 amide bonds. The van der Waals surface area contributed by atoms with Crippen molar-refractivity contribution in [3.63, 3.8) is 0 Å². The molecule has 19 heavy (non-hydrogen) atoms. The molecule has 1 saturated heterocycles. The number of piperidine rings is 1. The Morgan fingerprint density at radius 2 is 2.11 bits per heavy atom. The minimum atomic E-state index is -0.00977. The molecule has 0 saturated carbocycles. The van der Waals surface area contributed by atoms with E-state index in [-0.39, 0.29) is 5.92 Å². The number of hydrogen-bond acceptors (Lipinski definition) is 4. The van der Waals surface area contributed by atoms with Crippen molar-refractivity contribution in [3.05, 3.63) is 18.7 Å². The van der Waals surface area contributed by atoms with Gasteiger partial charge in [0.15, 0.2) is 0 Å². The van der Waals surface area contributed by atoms with Crippen LogP contribution in [0.1, 0.15) is 31.7 Å². The van der Waals surface area contributed by atoms with Gasteiger partial charge in [-0.3, -0.25) is 0 Å². The molecule has 1 aromatic heterocycles. The minimum absolute atomic E-state index is 0.00977. The largest absolute Gasteiger partial charge is 0.334 e. The Morgan fingerprint density at radius 1 is 1.32 bits per heavy atom. The first kappa shape index (κ1) is 13.6. The monoisotopic (exact) mass is 257 g/mol. The maximum atomic E-state index is 9.09. The van der Waals surface area contributed by atoms with E-state index in [0.29, 0.717) is 18.9 Å². The summed E-state index contributed by atoms with van der Waals surface area (Å²) in [6.45, 7) is 2.84.